The summed E-state index contributed by atoms with van der Waals surface area (Å²) in [5, 5.41) is 0.822. The number of benzene rings is 1. The molecule has 0 N–H and O–H groups in total. The molecule has 1 aliphatic rings. The summed E-state index contributed by atoms with van der Waals surface area (Å²) in [6, 6.07) is 9.05. The molecule has 0 amide bonds. The Labute approximate surface area is 122 Å². The fourth-order valence-corrected chi connectivity index (χ4v) is 3.03. The highest BCUT2D eigenvalue weighted by atomic mass is 35.5. The zero-order valence-corrected chi connectivity index (χ0v) is 13.0. The summed E-state index contributed by atoms with van der Waals surface area (Å²) in [6.07, 6.45) is 2.58. The molecule has 2 nitrogen and oxygen atoms in total. The van der Waals surface area contributed by atoms with E-state index in [0.717, 1.165) is 17.6 Å². The molecule has 1 heterocycles. The highest BCUT2D eigenvalue weighted by Crippen LogP contribution is 2.21. The molecule has 2 rings (SSSR count). The van der Waals surface area contributed by atoms with Gasteiger partial charge in [-0.1, -0.05) is 30.7 Å². The molecule has 1 atom stereocenters. The Kier molecular flexibility index (Phi) is 5.26. The number of likely N-dealkylation sites (tertiary alicyclic amines) is 1. The summed E-state index contributed by atoms with van der Waals surface area (Å²) in [5.41, 5.74) is 1.39. The van der Waals surface area contributed by atoms with E-state index in [1.807, 2.05) is 12.1 Å². The minimum atomic E-state index is 0.577. The molecule has 0 radical (unpaired) electrons. The summed E-state index contributed by atoms with van der Waals surface area (Å²) < 4.78 is 0. The fourth-order valence-electron chi connectivity index (χ4n) is 2.90. The second-order valence-corrected chi connectivity index (χ2v) is 6.38. The molecule has 1 fully saturated rings. The predicted octanol–water partition coefficient (Wildman–Crippen LogP) is 3.47. The Bertz CT molecular complexity index is 380. The topological polar surface area (TPSA) is 6.48 Å². The van der Waals surface area contributed by atoms with Gasteiger partial charge in [0, 0.05) is 17.6 Å². The third-order valence-electron chi connectivity index (χ3n) is 4.26. The number of piperidine rings is 1. The lowest BCUT2D eigenvalue weighted by Gasteiger charge is -2.36. The van der Waals surface area contributed by atoms with Crippen molar-refractivity contribution in [1.29, 1.82) is 0 Å². The van der Waals surface area contributed by atoms with Gasteiger partial charge in [-0.2, -0.15) is 0 Å². The van der Waals surface area contributed by atoms with Crippen LogP contribution in [0.3, 0.4) is 0 Å². The van der Waals surface area contributed by atoms with Crippen molar-refractivity contribution >= 4 is 11.6 Å². The van der Waals surface area contributed by atoms with Crippen LogP contribution < -0.4 is 0 Å². The first-order valence-electron chi connectivity index (χ1n) is 7.20. The van der Waals surface area contributed by atoms with Gasteiger partial charge in [-0.15, -0.1) is 0 Å². The lowest BCUT2D eigenvalue weighted by Crippen LogP contribution is -2.43. The summed E-state index contributed by atoms with van der Waals surface area (Å²) in [7, 11) is 4.38. The SMILES string of the molecule is CC(CN1CCC(N(C)C)CC1)c1ccc(Cl)cc1. The number of hydrogen-bond acceptors (Lipinski definition) is 2. The standard InChI is InChI=1S/C16H25ClN2/c1-13(14-4-6-15(17)7-5-14)12-19-10-8-16(9-11-19)18(2)3/h4-7,13,16H,8-12H2,1-3H3. The molecule has 0 aliphatic carbocycles. The summed E-state index contributed by atoms with van der Waals surface area (Å²) in [4.78, 5) is 4.96. The summed E-state index contributed by atoms with van der Waals surface area (Å²) in [5.74, 6) is 0.577. The molecule has 0 aromatic heterocycles. The first kappa shape index (κ1) is 14.8. The molecule has 1 aromatic carbocycles. The van der Waals surface area contributed by atoms with Crippen molar-refractivity contribution in [2.24, 2.45) is 0 Å². The van der Waals surface area contributed by atoms with Gasteiger partial charge in [0.2, 0.25) is 0 Å². The van der Waals surface area contributed by atoms with Gasteiger partial charge in [-0.05, 0) is 63.6 Å². The zero-order valence-electron chi connectivity index (χ0n) is 12.3. The van der Waals surface area contributed by atoms with Crippen molar-refractivity contribution in [2.75, 3.05) is 33.7 Å². The number of halogens is 1. The smallest absolute Gasteiger partial charge is 0.0406 e. The van der Waals surface area contributed by atoms with E-state index in [9.17, 15) is 0 Å². The van der Waals surface area contributed by atoms with E-state index in [0.29, 0.717) is 5.92 Å². The molecular weight excluding hydrogens is 256 g/mol. The third-order valence-corrected chi connectivity index (χ3v) is 4.51. The largest absolute Gasteiger partial charge is 0.306 e. The van der Waals surface area contributed by atoms with Gasteiger partial charge in [0.25, 0.3) is 0 Å². The van der Waals surface area contributed by atoms with Crippen LogP contribution in [-0.4, -0.2) is 49.6 Å². The maximum Gasteiger partial charge on any atom is 0.0406 e. The zero-order chi connectivity index (χ0) is 13.8. The van der Waals surface area contributed by atoms with Crippen LogP contribution in [0.5, 0.6) is 0 Å². The first-order chi connectivity index (χ1) is 9.06. The molecule has 0 spiro atoms. The molecule has 1 aromatic rings. The molecule has 1 saturated heterocycles. The van der Waals surface area contributed by atoms with E-state index in [1.54, 1.807) is 0 Å². The minimum Gasteiger partial charge on any atom is -0.306 e. The van der Waals surface area contributed by atoms with Gasteiger partial charge in [0.15, 0.2) is 0 Å². The van der Waals surface area contributed by atoms with Crippen molar-refractivity contribution in [1.82, 2.24) is 9.80 Å². The molecular formula is C16H25ClN2. The average molecular weight is 281 g/mol. The van der Waals surface area contributed by atoms with Gasteiger partial charge in [-0.25, -0.2) is 0 Å². The molecule has 0 bridgehead atoms. The molecule has 0 saturated carbocycles. The second-order valence-electron chi connectivity index (χ2n) is 5.95. The van der Waals surface area contributed by atoms with Crippen LogP contribution in [0.1, 0.15) is 31.2 Å². The number of nitrogens with zero attached hydrogens (tertiary/aromatic N) is 2. The number of hydrogen-bond donors (Lipinski definition) is 0. The van der Waals surface area contributed by atoms with Crippen LogP contribution in [0.2, 0.25) is 5.02 Å². The second kappa shape index (κ2) is 6.74. The van der Waals surface area contributed by atoms with Gasteiger partial charge >= 0.3 is 0 Å². The van der Waals surface area contributed by atoms with E-state index in [-0.39, 0.29) is 0 Å². The van der Waals surface area contributed by atoms with E-state index < -0.39 is 0 Å². The first-order valence-corrected chi connectivity index (χ1v) is 7.58. The van der Waals surface area contributed by atoms with Gasteiger partial charge < -0.3 is 9.80 Å². The molecule has 3 heteroatoms. The molecule has 1 unspecified atom stereocenters. The highest BCUT2D eigenvalue weighted by Gasteiger charge is 2.21. The van der Waals surface area contributed by atoms with Crippen molar-refractivity contribution < 1.29 is 0 Å². The van der Waals surface area contributed by atoms with Gasteiger partial charge in [-0.3, -0.25) is 0 Å². The van der Waals surface area contributed by atoms with Crippen molar-refractivity contribution in [2.45, 2.75) is 31.7 Å². The lowest BCUT2D eigenvalue weighted by atomic mass is 9.98. The van der Waals surface area contributed by atoms with Gasteiger partial charge in [0.05, 0.1) is 0 Å². The molecule has 19 heavy (non-hydrogen) atoms. The quantitative estimate of drug-likeness (QED) is 0.833. The third kappa shape index (κ3) is 4.20. The fraction of sp³-hybridized carbons (Fsp3) is 0.625. The van der Waals surface area contributed by atoms with Crippen molar-refractivity contribution in [3.8, 4) is 0 Å². The van der Waals surface area contributed by atoms with E-state index in [1.165, 1.54) is 31.5 Å². The van der Waals surface area contributed by atoms with E-state index >= 15 is 0 Å². The van der Waals surface area contributed by atoms with E-state index in [4.69, 9.17) is 11.6 Å². The van der Waals surface area contributed by atoms with Crippen LogP contribution in [-0.2, 0) is 0 Å². The summed E-state index contributed by atoms with van der Waals surface area (Å²) >= 11 is 5.94. The van der Waals surface area contributed by atoms with Crippen LogP contribution in [0.25, 0.3) is 0 Å². The average Bonchev–Trinajstić information content (AvgIpc) is 2.40. The number of rotatable bonds is 4. The Hall–Kier alpha value is -0.570. The monoisotopic (exact) mass is 280 g/mol. The lowest BCUT2D eigenvalue weighted by molar-refractivity contribution is 0.140. The van der Waals surface area contributed by atoms with Crippen LogP contribution in [0.4, 0.5) is 0 Å². The highest BCUT2D eigenvalue weighted by molar-refractivity contribution is 6.30. The predicted molar refractivity (Wildman–Crippen MR) is 83.0 cm³/mol. The Balaban J connectivity index is 1.83. The van der Waals surface area contributed by atoms with Crippen LogP contribution >= 0.6 is 11.6 Å². The van der Waals surface area contributed by atoms with E-state index in [2.05, 4.69) is 43.0 Å². The Morgan fingerprint density at radius 1 is 1.21 bits per heavy atom. The minimum absolute atomic E-state index is 0.577. The Morgan fingerprint density at radius 3 is 2.32 bits per heavy atom. The van der Waals surface area contributed by atoms with Crippen LogP contribution in [0.15, 0.2) is 24.3 Å². The summed E-state index contributed by atoms with van der Waals surface area (Å²) in [6.45, 7) is 5.91. The normalized spacial score (nSPS) is 19.8. The molecule has 106 valence electrons. The maximum atomic E-state index is 5.94. The maximum absolute atomic E-state index is 5.94. The van der Waals surface area contributed by atoms with Gasteiger partial charge in [0.1, 0.15) is 0 Å². The van der Waals surface area contributed by atoms with Crippen molar-refractivity contribution in [3.05, 3.63) is 34.9 Å². The Morgan fingerprint density at radius 2 is 1.79 bits per heavy atom. The van der Waals surface area contributed by atoms with Crippen LogP contribution in [0, 0.1) is 0 Å². The van der Waals surface area contributed by atoms with Crippen molar-refractivity contribution in [3.63, 3.8) is 0 Å². The molecule has 1 aliphatic heterocycles.